The van der Waals surface area contributed by atoms with Crippen LogP contribution in [-0.4, -0.2) is 50.4 Å². The Balaban J connectivity index is 1.49. The SMILES string of the molecule is C[Si](C)(C)CCOCn1ccc2c(-c3cnn(CC(C#N)c4csc(/C=N/O)c4)c3)ncnc21. The van der Waals surface area contributed by atoms with Crippen molar-refractivity contribution in [2.45, 2.75) is 44.9 Å². The lowest BCUT2D eigenvalue weighted by molar-refractivity contribution is 0.0899. The molecule has 11 heteroatoms. The zero-order valence-electron chi connectivity index (χ0n) is 19.4. The minimum atomic E-state index is -1.13. The average Bonchev–Trinajstić information content (AvgIpc) is 3.54. The number of oxime groups is 1. The fraction of sp³-hybridized carbons (Fsp3) is 0.348. The topological polar surface area (TPSA) is 114 Å². The first-order valence-electron chi connectivity index (χ1n) is 10.9. The number of rotatable bonds is 10. The molecule has 34 heavy (non-hydrogen) atoms. The van der Waals surface area contributed by atoms with Crippen LogP contribution in [0.3, 0.4) is 0 Å². The van der Waals surface area contributed by atoms with Crippen molar-refractivity contribution in [2.24, 2.45) is 5.16 Å². The standard InChI is InChI=1S/C23H27N7O2SSi/c1-34(2,3)7-6-32-16-29-5-4-21-22(25-15-26-23(21)29)19-10-27-30(13-19)12-18(9-24)17-8-20(11-28-31)33-14-17/h4-5,8,10-11,13-15,18,31H,6-7,12,16H2,1-3H3/b28-11+. The Morgan fingerprint density at radius 1 is 1.35 bits per heavy atom. The number of nitriles is 1. The van der Waals surface area contributed by atoms with Crippen molar-refractivity contribution in [1.29, 1.82) is 5.26 Å². The molecule has 0 bridgehead atoms. The van der Waals surface area contributed by atoms with Gasteiger partial charge in [0, 0.05) is 42.9 Å². The number of hydrogen-bond donors (Lipinski definition) is 1. The molecule has 0 radical (unpaired) electrons. The molecule has 0 aromatic carbocycles. The van der Waals surface area contributed by atoms with Gasteiger partial charge in [0.25, 0.3) is 0 Å². The van der Waals surface area contributed by atoms with Gasteiger partial charge in [0.1, 0.15) is 18.7 Å². The molecule has 4 aromatic rings. The van der Waals surface area contributed by atoms with E-state index in [0.717, 1.165) is 45.4 Å². The first kappa shape index (κ1) is 23.8. The van der Waals surface area contributed by atoms with Gasteiger partial charge in [-0.3, -0.25) is 4.68 Å². The third-order valence-electron chi connectivity index (χ3n) is 5.44. The summed E-state index contributed by atoms with van der Waals surface area (Å²) in [5, 5.41) is 28.7. The largest absolute Gasteiger partial charge is 0.411 e. The molecule has 4 heterocycles. The molecule has 0 aliphatic rings. The quantitative estimate of drug-likeness (QED) is 0.112. The van der Waals surface area contributed by atoms with Crippen LogP contribution in [0.15, 0.2) is 47.6 Å². The second-order valence-corrected chi connectivity index (χ2v) is 15.8. The highest BCUT2D eigenvalue weighted by Gasteiger charge is 2.17. The highest BCUT2D eigenvalue weighted by atomic mass is 32.1. The van der Waals surface area contributed by atoms with Crippen molar-refractivity contribution in [3.63, 3.8) is 0 Å². The van der Waals surface area contributed by atoms with Crippen LogP contribution in [0, 0.1) is 11.3 Å². The molecule has 0 fully saturated rings. The van der Waals surface area contributed by atoms with E-state index in [2.05, 4.69) is 45.9 Å². The second-order valence-electron chi connectivity index (χ2n) is 9.25. The van der Waals surface area contributed by atoms with Crippen molar-refractivity contribution < 1.29 is 9.94 Å². The number of ether oxygens (including phenoxy) is 1. The lowest BCUT2D eigenvalue weighted by atomic mass is 10.0. The second kappa shape index (κ2) is 10.3. The minimum absolute atomic E-state index is 0.371. The summed E-state index contributed by atoms with van der Waals surface area (Å²) in [4.78, 5) is 9.75. The van der Waals surface area contributed by atoms with Gasteiger partial charge in [0.05, 0.1) is 36.6 Å². The van der Waals surface area contributed by atoms with E-state index in [0.29, 0.717) is 13.3 Å². The van der Waals surface area contributed by atoms with Gasteiger partial charge in [-0.25, -0.2) is 9.97 Å². The van der Waals surface area contributed by atoms with Gasteiger partial charge < -0.3 is 14.5 Å². The lowest BCUT2D eigenvalue weighted by Crippen LogP contribution is -2.22. The van der Waals surface area contributed by atoms with Crippen LogP contribution >= 0.6 is 11.3 Å². The van der Waals surface area contributed by atoms with Crippen LogP contribution < -0.4 is 0 Å². The van der Waals surface area contributed by atoms with Crippen LogP contribution in [-0.2, 0) is 18.0 Å². The Bertz CT molecular complexity index is 1330. The van der Waals surface area contributed by atoms with Gasteiger partial charge >= 0.3 is 0 Å². The maximum atomic E-state index is 9.68. The molecule has 1 unspecified atom stereocenters. The Labute approximate surface area is 203 Å². The van der Waals surface area contributed by atoms with E-state index < -0.39 is 8.07 Å². The number of aromatic nitrogens is 5. The summed E-state index contributed by atoms with van der Waals surface area (Å²) in [6.45, 7) is 8.62. The van der Waals surface area contributed by atoms with Crippen molar-refractivity contribution >= 4 is 36.7 Å². The van der Waals surface area contributed by atoms with Gasteiger partial charge in [-0.15, -0.1) is 11.3 Å². The molecule has 0 spiro atoms. The van der Waals surface area contributed by atoms with Gasteiger partial charge in [-0.1, -0.05) is 24.8 Å². The highest BCUT2D eigenvalue weighted by molar-refractivity contribution is 7.11. The third kappa shape index (κ3) is 5.59. The van der Waals surface area contributed by atoms with Crippen molar-refractivity contribution in [3.8, 4) is 17.3 Å². The summed E-state index contributed by atoms with van der Waals surface area (Å²) in [5.74, 6) is -0.371. The molecule has 1 atom stereocenters. The molecular formula is C23H27N7O2SSi. The Hall–Kier alpha value is -3.33. The molecular weight excluding hydrogens is 466 g/mol. The molecule has 4 aromatic heterocycles. The Kier molecular flexibility index (Phi) is 7.21. The smallest absolute Gasteiger partial charge is 0.145 e. The third-order valence-corrected chi connectivity index (χ3v) is 8.03. The number of thiophene rings is 1. The fourth-order valence-electron chi connectivity index (χ4n) is 3.55. The zero-order chi connectivity index (χ0) is 24.1. The summed E-state index contributed by atoms with van der Waals surface area (Å²) >= 11 is 1.42. The molecule has 0 aliphatic heterocycles. The molecule has 4 rings (SSSR count). The van der Waals surface area contributed by atoms with E-state index in [4.69, 9.17) is 9.94 Å². The fourth-order valence-corrected chi connectivity index (χ4v) is 5.12. The summed E-state index contributed by atoms with van der Waals surface area (Å²) in [6.07, 6.45) is 8.54. The average molecular weight is 494 g/mol. The van der Waals surface area contributed by atoms with Gasteiger partial charge in [0.15, 0.2) is 0 Å². The monoisotopic (exact) mass is 493 g/mol. The van der Waals surface area contributed by atoms with E-state index in [1.54, 1.807) is 17.2 Å². The predicted octanol–water partition coefficient (Wildman–Crippen LogP) is 4.78. The summed E-state index contributed by atoms with van der Waals surface area (Å²) in [7, 11) is -1.13. The van der Waals surface area contributed by atoms with Crippen LogP contribution in [0.2, 0.25) is 25.7 Å². The van der Waals surface area contributed by atoms with Crippen LogP contribution in [0.25, 0.3) is 22.3 Å². The number of nitrogens with zero attached hydrogens (tertiary/aromatic N) is 7. The Morgan fingerprint density at radius 3 is 2.97 bits per heavy atom. The van der Waals surface area contributed by atoms with E-state index >= 15 is 0 Å². The number of hydrogen-bond acceptors (Lipinski definition) is 8. The van der Waals surface area contributed by atoms with Crippen molar-refractivity contribution in [3.05, 3.63) is 52.9 Å². The van der Waals surface area contributed by atoms with Gasteiger partial charge in [-0.2, -0.15) is 10.4 Å². The van der Waals surface area contributed by atoms with Gasteiger partial charge in [0.2, 0.25) is 0 Å². The number of fused-ring (bicyclic) bond motifs is 1. The maximum Gasteiger partial charge on any atom is 0.145 e. The van der Waals surface area contributed by atoms with E-state index in [1.807, 2.05) is 34.5 Å². The Morgan fingerprint density at radius 2 is 2.21 bits per heavy atom. The molecule has 0 saturated heterocycles. The van der Waals surface area contributed by atoms with Gasteiger partial charge in [-0.05, 0) is 29.1 Å². The molecule has 0 amide bonds. The zero-order valence-corrected chi connectivity index (χ0v) is 21.2. The molecule has 0 aliphatic carbocycles. The highest BCUT2D eigenvalue weighted by Crippen LogP contribution is 2.27. The molecule has 9 nitrogen and oxygen atoms in total. The van der Waals surface area contributed by atoms with Crippen LogP contribution in [0.1, 0.15) is 16.4 Å². The summed E-state index contributed by atoms with van der Waals surface area (Å²) < 4.78 is 9.64. The lowest BCUT2D eigenvalue weighted by Gasteiger charge is -2.15. The van der Waals surface area contributed by atoms with Crippen LogP contribution in [0.4, 0.5) is 0 Å². The minimum Gasteiger partial charge on any atom is -0.411 e. The van der Waals surface area contributed by atoms with Crippen molar-refractivity contribution in [2.75, 3.05) is 6.61 Å². The maximum absolute atomic E-state index is 9.68. The predicted molar refractivity (Wildman–Crippen MR) is 135 cm³/mol. The molecule has 1 N–H and O–H groups in total. The summed E-state index contributed by atoms with van der Waals surface area (Å²) in [6, 6.07) is 7.31. The van der Waals surface area contributed by atoms with E-state index in [9.17, 15) is 5.26 Å². The van der Waals surface area contributed by atoms with E-state index in [-0.39, 0.29) is 5.92 Å². The first-order chi connectivity index (χ1) is 16.4. The molecule has 176 valence electrons. The normalized spacial score (nSPS) is 13.0. The van der Waals surface area contributed by atoms with E-state index in [1.165, 1.54) is 17.6 Å². The molecule has 0 saturated carbocycles. The van der Waals surface area contributed by atoms with Crippen molar-refractivity contribution in [1.82, 2.24) is 24.3 Å². The van der Waals surface area contributed by atoms with Crippen LogP contribution in [0.5, 0.6) is 0 Å². The summed E-state index contributed by atoms with van der Waals surface area (Å²) in [5.41, 5.74) is 3.34. The first-order valence-corrected chi connectivity index (χ1v) is 15.5.